The summed E-state index contributed by atoms with van der Waals surface area (Å²) >= 11 is 1.37. The Balaban J connectivity index is 1.94. The normalized spacial score (nSPS) is 23.6. The highest BCUT2D eigenvalue weighted by molar-refractivity contribution is 8.04. The van der Waals surface area contributed by atoms with E-state index in [9.17, 15) is 22.4 Å². The number of hydrogen-bond acceptors (Lipinski definition) is 4. The minimum atomic E-state index is -4.77. The molecule has 148 valence electrons. The molecular weight excluding hydrogens is 382 g/mol. The third-order valence-corrected chi connectivity index (χ3v) is 5.84. The molecule has 2 heterocycles. The van der Waals surface area contributed by atoms with Crippen molar-refractivity contribution < 1.29 is 22.4 Å². The number of hydrogen-bond donors (Lipinski definition) is 2. The molecule has 1 amide bonds. The second-order valence-corrected chi connectivity index (χ2v) is 7.99. The predicted molar refractivity (Wildman–Crippen MR) is 96.9 cm³/mol. The van der Waals surface area contributed by atoms with E-state index in [1.54, 1.807) is 0 Å². The Kier molecular flexibility index (Phi) is 5.71. The monoisotopic (exact) mass is 403 g/mol. The summed E-state index contributed by atoms with van der Waals surface area (Å²) in [4.78, 5) is 14.5. The van der Waals surface area contributed by atoms with Gasteiger partial charge in [-0.3, -0.25) is 9.69 Å². The standard InChI is InChI=1S/C18H21F4N3OS/c1-10-4-3-7-25(10)9-15-16(24-17(27-15)23-11(2)26)12-5-6-14(19)13(8-12)18(20,21)22/h5-6,8,10,17,24H,3-4,7,9H2,1-2H3,(H,23,26). The van der Waals surface area contributed by atoms with Gasteiger partial charge in [-0.1, -0.05) is 11.8 Å². The maximum Gasteiger partial charge on any atom is 0.419 e. The maximum absolute atomic E-state index is 13.7. The molecule has 0 aromatic heterocycles. The molecule has 2 unspecified atom stereocenters. The number of carbonyl (C=O) groups excluding carboxylic acids is 1. The third kappa shape index (κ3) is 4.57. The Labute approximate surface area is 159 Å². The zero-order chi connectivity index (χ0) is 19.8. The predicted octanol–water partition coefficient (Wildman–Crippen LogP) is 3.75. The van der Waals surface area contributed by atoms with Crippen molar-refractivity contribution >= 4 is 23.4 Å². The van der Waals surface area contributed by atoms with E-state index in [1.807, 2.05) is 0 Å². The van der Waals surface area contributed by atoms with Gasteiger partial charge in [0.15, 0.2) is 5.50 Å². The Morgan fingerprint density at radius 3 is 2.74 bits per heavy atom. The van der Waals surface area contributed by atoms with Gasteiger partial charge >= 0.3 is 6.18 Å². The molecule has 0 saturated carbocycles. The molecule has 2 aliphatic heterocycles. The van der Waals surface area contributed by atoms with Crippen LogP contribution in [-0.4, -0.2) is 35.4 Å². The summed E-state index contributed by atoms with van der Waals surface area (Å²) in [5, 5.41) is 5.79. The number of nitrogens with one attached hydrogen (secondary N) is 2. The van der Waals surface area contributed by atoms with E-state index >= 15 is 0 Å². The van der Waals surface area contributed by atoms with Gasteiger partial charge in [0.05, 0.1) is 11.3 Å². The van der Waals surface area contributed by atoms with Crippen molar-refractivity contribution in [1.29, 1.82) is 0 Å². The van der Waals surface area contributed by atoms with Gasteiger partial charge in [-0.2, -0.15) is 13.2 Å². The van der Waals surface area contributed by atoms with Crippen LogP contribution in [0.15, 0.2) is 23.1 Å². The van der Waals surface area contributed by atoms with Crippen LogP contribution < -0.4 is 10.6 Å². The molecule has 1 saturated heterocycles. The molecule has 0 bridgehead atoms. The first-order chi connectivity index (χ1) is 12.6. The number of amides is 1. The smallest absolute Gasteiger partial charge is 0.355 e. The van der Waals surface area contributed by atoms with Crippen LogP contribution in [0.2, 0.25) is 0 Å². The van der Waals surface area contributed by atoms with E-state index in [0.717, 1.165) is 36.4 Å². The van der Waals surface area contributed by atoms with Gasteiger partial charge in [-0.05, 0) is 50.1 Å². The number of alkyl halides is 3. The van der Waals surface area contributed by atoms with Crippen molar-refractivity contribution in [2.75, 3.05) is 13.1 Å². The van der Waals surface area contributed by atoms with Gasteiger partial charge in [0.1, 0.15) is 5.82 Å². The SMILES string of the molecule is CC(=O)NC1NC(c2ccc(F)c(C(F)(F)F)c2)=C(CN2CCCC2C)S1. The van der Waals surface area contributed by atoms with Crippen LogP contribution >= 0.6 is 11.8 Å². The molecule has 4 nitrogen and oxygen atoms in total. The molecule has 27 heavy (non-hydrogen) atoms. The first-order valence-corrected chi connectivity index (χ1v) is 9.57. The zero-order valence-electron chi connectivity index (χ0n) is 15.0. The molecule has 3 rings (SSSR count). The molecule has 2 atom stereocenters. The molecule has 0 spiro atoms. The summed E-state index contributed by atoms with van der Waals surface area (Å²) in [5.41, 5.74) is -1.00. The highest BCUT2D eigenvalue weighted by Gasteiger charge is 2.36. The second kappa shape index (κ2) is 7.71. The lowest BCUT2D eigenvalue weighted by molar-refractivity contribution is -0.140. The summed E-state index contributed by atoms with van der Waals surface area (Å²) in [7, 11) is 0. The van der Waals surface area contributed by atoms with E-state index in [2.05, 4.69) is 22.5 Å². The van der Waals surface area contributed by atoms with Crippen molar-refractivity contribution in [2.45, 2.75) is 44.4 Å². The summed E-state index contributed by atoms with van der Waals surface area (Å²) in [6.07, 6.45) is -2.62. The van der Waals surface area contributed by atoms with Crippen LogP contribution in [0.5, 0.6) is 0 Å². The average Bonchev–Trinajstić information content (AvgIpc) is 3.13. The average molecular weight is 403 g/mol. The van der Waals surface area contributed by atoms with Gasteiger partial charge < -0.3 is 10.6 Å². The van der Waals surface area contributed by atoms with Crippen LogP contribution in [0.4, 0.5) is 17.6 Å². The third-order valence-electron chi connectivity index (χ3n) is 4.75. The number of likely N-dealkylation sites (tertiary alicyclic amines) is 1. The fourth-order valence-electron chi connectivity index (χ4n) is 3.36. The fraction of sp³-hybridized carbons (Fsp3) is 0.500. The molecule has 9 heteroatoms. The second-order valence-electron chi connectivity index (χ2n) is 6.80. The Hall–Kier alpha value is -1.74. The minimum absolute atomic E-state index is 0.245. The van der Waals surface area contributed by atoms with Crippen molar-refractivity contribution in [1.82, 2.24) is 15.5 Å². The number of thioether (sulfide) groups is 1. The molecule has 2 aliphatic rings. The van der Waals surface area contributed by atoms with Gasteiger partial charge in [-0.15, -0.1) is 0 Å². The Bertz CT molecular complexity index is 765. The summed E-state index contributed by atoms with van der Waals surface area (Å²) in [5.74, 6) is -1.55. The van der Waals surface area contributed by atoms with Crippen molar-refractivity contribution in [3.8, 4) is 0 Å². The van der Waals surface area contributed by atoms with Crippen LogP contribution in [0.1, 0.15) is 37.8 Å². The topological polar surface area (TPSA) is 44.4 Å². The van der Waals surface area contributed by atoms with Gasteiger partial charge in [0.2, 0.25) is 5.91 Å². The molecule has 0 radical (unpaired) electrons. The van der Waals surface area contributed by atoms with Crippen molar-refractivity contribution in [2.24, 2.45) is 0 Å². The number of carbonyl (C=O) groups is 1. The molecule has 2 N–H and O–H groups in total. The quantitative estimate of drug-likeness (QED) is 0.752. The van der Waals surface area contributed by atoms with Gasteiger partial charge in [0.25, 0.3) is 0 Å². The van der Waals surface area contributed by atoms with E-state index in [1.165, 1.54) is 24.8 Å². The molecule has 1 aromatic rings. The van der Waals surface area contributed by atoms with Crippen LogP contribution in [0, 0.1) is 5.82 Å². The first kappa shape index (κ1) is 20.0. The number of halogens is 4. The van der Waals surface area contributed by atoms with Crippen molar-refractivity contribution in [3.05, 3.63) is 40.0 Å². The zero-order valence-corrected chi connectivity index (χ0v) is 15.8. The van der Waals surface area contributed by atoms with E-state index in [0.29, 0.717) is 18.3 Å². The number of benzene rings is 1. The summed E-state index contributed by atoms with van der Waals surface area (Å²) in [6, 6.07) is 3.37. The van der Waals surface area contributed by atoms with Gasteiger partial charge in [0, 0.05) is 24.4 Å². The minimum Gasteiger partial charge on any atom is -0.355 e. The van der Waals surface area contributed by atoms with Gasteiger partial charge in [-0.25, -0.2) is 4.39 Å². The lowest BCUT2D eigenvalue weighted by Gasteiger charge is -2.21. The van der Waals surface area contributed by atoms with E-state index in [-0.39, 0.29) is 11.5 Å². The van der Waals surface area contributed by atoms with Crippen LogP contribution in [-0.2, 0) is 11.0 Å². The molecule has 1 fully saturated rings. The highest BCUT2D eigenvalue weighted by atomic mass is 32.2. The molecular formula is C18H21F4N3OS. The molecule has 1 aromatic carbocycles. The Morgan fingerprint density at radius 2 is 2.15 bits per heavy atom. The van der Waals surface area contributed by atoms with Crippen molar-refractivity contribution in [3.63, 3.8) is 0 Å². The number of rotatable bonds is 4. The van der Waals surface area contributed by atoms with Crippen LogP contribution in [0.3, 0.4) is 0 Å². The van der Waals surface area contributed by atoms with E-state index in [4.69, 9.17) is 0 Å². The van der Waals surface area contributed by atoms with E-state index < -0.39 is 23.1 Å². The number of nitrogens with zero attached hydrogens (tertiary/aromatic N) is 1. The summed E-state index contributed by atoms with van der Waals surface area (Å²) in [6.45, 7) is 4.98. The summed E-state index contributed by atoms with van der Waals surface area (Å²) < 4.78 is 52.9. The molecule has 0 aliphatic carbocycles. The maximum atomic E-state index is 13.7. The largest absolute Gasteiger partial charge is 0.419 e. The Morgan fingerprint density at radius 1 is 1.41 bits per heavy atom. The lowest BCUT2D eigenvalue weighted by atomic mass is 10.1. The van der Waals surface area contributed by atoms with Crippen LogP contribution in [0.25, 0.3) is 5.70 Å². The lowest BCUT2D eigenvalue weighted by Crippen LogP contribution is -2.38. The highest BCUT2D eigenvalue weighted by Crippen LogP contribution is 2.39. The first-order valence-electron chi connectivity index (χ1n) is 8.70. The fourth-order valence-corrected chi connectivity index (χ4v) is 4.58.